The molecule has 0 atom stereocenters. The standard InChI is InChI=1S/C18H21Br2N5O2S2/c19-14-3-1-5-21-16(14)12-28-9-7-23-18(11-25(26)27)24-8-10-29-13-17-15(20)4-2-6-22-17/h1-6,11,23-24H,7-10,12-13H2. The Morgan fingerprint density at radius 2 is 1.48 bits per heavy atom. The molecule has 11 heteroatoms. The van der Waals surface area contributed by atoms with Gasteiger partial charge in [-0.05, 0) is 56.1 Å². The zero-order valence-electron chi connectivity index (χ0n) is 15.5. The van der Waals surface area contributed by atoms with E-state index in [1.165, 1.54) is 0 Å². The number of hydrogen-bond donors (Lipinski definition) is 2. The van der Waals surface area contributed by atoms with Gasteiger partial charge in [-0.1, -0.05) is 0 Å². The van der Waals surface area contributed by atoms with Crippen LogP contribution in [0.5, 0.6) is 0 Å². The molecule has 2 N–H and O–H groups in total. The van der Waals surface area contributed by atoms with E-state index in [2.05, 4.69) is 52.5 Å². The second-order valence-electron chi connectivity index (χ2n) is 5.65. The Bertz CT molecular complexity index is 769. The maximum atomic E-state index is 10.8. The highest BCUT2D eigenvalue weighted by Gasteiger charge is 2.05. The van der Waals surface area contributed by atoms with E-state index in [0.717, 1.165) is 49.5 Å². The van der Waals surface area contributed by atoms with Gasteiger partial charge in [-0.3, -0.25) is 20.1 Å². The first-order valence-corrected chi connectivity index (χ1v) is 12.6. The van der Waals surface area contributed by atoms with Crippen LogP contribution in [0.15, 0.2) is 57.6 Å². The Morgan fingerprint density at radius 1 is 1.00 bits per heavy atom. The molecule has 2 aromatic rings. The van der Waals surface area contributed by atoms with E-state index in [-0.39, 0.29) is 0 Å². The van der Waals surface area contributed by atoms with E-state index in [4.69, 9.17) is 0 Å². The first-order chi connectivity index (χ1) is 14.1. The lowest BCUT2D eigenvalue weighted by molar-refractivity contribution is -0.404. The SMILES string of the molecule is O=[N+]([O-])C=C(NCCSCc1ncccc1Br)NCCSCc1ncccc1Br. The predicted molar refractivity (Wildman–Crippen MR) is 127 cm³/mol. The van der Waals surface area contributed by atoms with Crippen LogP contribution in [0.25, 0.3) is 0 Å². The third-order valence-corrected chi connectivity index (χ3v) is 6.89. The minimum Gasteiger partial charge on any atom is -0.366 e. The van der Waals surface area contributed by atoms with Crippen molar-refractivity contribution in [2.24, 2.45) is 0 Å². The summed E-state index contributed by atoms with van der Waals surface area (Å²) < 4.78 is 1.98. The minimum atomic E-state index is -0.453. The molecular weight excluding hydrogens is 542 g/mol. The van der Waals surface area contributed by atoms with Gasteiger partial charge in [0.1, 0.15) is 0 Å². The Labute approximate surface area is 195 Å². The van der Waals surface area contributed by atoms with Gasteiger partial charge in [0.15, 0.2) is 5.82 Å². The number of hydrogen-bond acceptors (Lipinski definition) is 8. The number of thioether (sulfide) groups is 2. The quantitative estimate of drug-likeness (QED) is 0.210. The molecule has 0 aliphatic rings. The number of rotatable bonds is 13. The fourth-order valence-corrected chi connectivity index (χ4v) is 4.95. The molecule has 156 valence electrons. The smallest absolute Gasteiger partial charge is 0.274 e. The highest BCUT2D eigenvalue weighted by atomic mass is 79.9. The summed E-state index contributed by atoms with van der Waals surface area (Å²) in [5.41, 5.74) is 1.99. The third-order valence-electron chi connectivity index (χ3n) is 3.51. The molecule has 29 heavy (non-hydrogen) atoms. The topological polar surface area (TPSA) is 93.0 Å². The van der Waals surface area contributed by atoms with Gasteiger partial charge in [-0.2, -0.15) is 23.5 Å². The lowest BCUT2D eigenvalue weighted by Gasteiger charge is -2.11. The zero-order valence-corrected chi connectivity index (χ0v) is 20.3. The molecule has 2 heterocycles. The van der Waals surface area contributed by atoms with Crippen LogP contribution in [0.3, 0.4) is 0 Å². The van der Waals surface area contributed by atoms with Gasteiger partial charge < -0.3 is 10.6 Å². The average molecular weight is 563 g/mol. The Hall–Kier alpha value is -1.30. The van der Waals surface area contributed by atoms with Gasteiger partial charge in [0.25, 0.3) is 6.20 Å². The van der Waals surface area contributed by atoms with Gasteiger partial charge in [-0.25, -0.2) is 0 Å². The van der Waals surface area contributed by atoms with Gasteiger partial charge in [0.2, 0.25) is 0 Å². The van der Waals surface area contributed by atoms with Crippen LogP contribution >= 0.6 is 55.4 Å². The third kappa shape index (κ3) is 9.83. The maximum Gasteiger partial charge on any atom is 0.274 e. The second kappa shape index (κ2) is 13.8. The van der Waals surface area contributed by atoms with Crippen molar-refractivity contribution in [1.29, 1.82) is 0 Å². The van der Waals surface area contributed by atoms with Crippen molar-refractivity contribution in [2.75, 3.05) is 24.6 Å². The first kappa shape index (κ1) is 24.0. The molecule has 0 amide bonds. The average Bonchev–Trinajstić information content (AvgIpc) is 2.69. The molecule has 0 saturated carbocycles. The summed E-state index contributed by atoms with van der Waals surface area (Å²) in [6.07, 6.45) is 4.51. The summed E-state index contributed by atoms with van der Waals surface area (Å²) in [6, 6.07) is 7.70. The second-order valence-corrected chi connectivity index (χ2v) is 9.57. The van der Waals surface area contributed by atoms with Crippen molar-refractivity contribution in [3.63, 3.8) is 0 Å². The molecule has 0 bridgehead atoms. The number of nitrogens with one attached hydrogen (secondary N) is 2. The number of nitro groups is 1. The van der Waals surface area contributed by atoms with Gasteiger partial charge in [0.05, 0.1) is 16.3 Å². The number of pyridine rings is 2. The van der Waals surface area contributed by atoms with Crippen LogP contribution in [-0.4, -0.2) is 39.5 Å². The van der Waals surface area contributed by atoms with Crippen molar-refractivity contribution in [3.8, 4) is 0 Å². The van der Waals surface area contributed by atoms with Gasteiger partial charge in [-0.15, -0.1) is 0 Å². The molecule has 0 fully saturated rings. The van der Waals surface area contributed by atoms with Gasteiger partial charge >= 0.3 is 0 Å². The van der Waals surface area contributed by atoms with E-state index in [0.29, 0.717) is 18.9 Å². The molecular formula is C18H21Br2N5O2S2. The minimum absolute atomic E-state index is 0.425. The highest BCUT2D eigenvalue weighted by molar-refractivity contribution is 9.10. The lowest BCUT2D eigenvalue weighted by atomic mass is 10.4. The zero-order chi connectivity index (χ0) is 20.9. The summed E-state index contributed by atoms with van der Waals surface area (Å²) >= 11 is 10.4. The molecule has 0 saturated heterocycles. The summed E-state index contributed by atoms with van der Waals surface area (Å²) in [7, 11) is 0. The van der Waals surface area contributed by atoms with E-state index in [1.807, 2.05) is 24.3 Å². The lowest BCUT2D eigenvalue weighted by Crippen LogP contribution is -2.30. The van der Waals surface area contributed by atoms with Crippen molar-refractivity contribution < 1.29 is 4.92 Å². The molecule has 0 aliphatic heterocycles. The van der Waals surface area contributed by atoms with Crippen molar-refractivity contribution in [1.82, 2.24) is 20.6 Å². The molecule has 0 aliphatic carbocycles. The molecule has 2 rings (SSSR count). The van der Waals surface area contributed by atoms with Crippen LogP contribution in [0.2, 0.25) is 0 Å². The normalized spacial score (nSPS) is 10.4. The summed E-state index contributed by atoms with van der Waals surface area (Å²) in [5, 5.41) is 17.0. The van der Waals surface area contributed by atoms with Gasteiger partial charge in [0, 0.05) is 57.4 Å². The summed E-state index contributed by atoms with van der Waals surface area (Å²) in [6.45, 7) is 1.24. The van der Waals surface area contributed by atoms with Crippen molar-refractivity contribution in [2.45, 2.75) is 11.5 Å². The molecule has 2 aromatic heterocycles. The Kier molecular flexibility index (Phi) is 11.4. The van der Waals surface area contributed by atoms with Crippen LogP contribution in [0, 0.1) is 10.1 Å². The van der Waals surface area contributed by atoms with E-state index in [9.17, 15) is 10.1 Å². The number of halogens is 2. The monoisotopic (exact) mass is 561 g/mol. The maximum absolute atomic E-state index is 10.8. The van der Waals surface area contributed by atoms with Crippen LogP contribution in [-0.2, 0) is 11.5 Å². The molecule has 0 aromatic carbocycles. The van der Waals surface area contributed by atoms with E-state index < -0.39 is 4.92 Å². The van der Waals surface area contributed by atoms with E-state index in [1.54, 1.807) is 35.9 Å². The first-order valence-electron chi connectivity index (χ1n) is 8.73. The van der Waals surface area contributed by atoms with E-state index >= 15 is 0 Å². The summed E-state index contributed by atoms with van der Waals surface area (Å²) in [4.78, 5) is 19.0. The number of aromatic nitrogens is 2. The molecule has 7 nitrogen and oxygen atoms in total. The van der Waals surface area contributed by atoms with Crippen molar-refractivity contribution >= 4 is 55.4 Å². The predicted octanol–water partition coefficient (Wildman–Crippen LogP) is 4.42. The van der Waals surface area contributed by atoms with Crippen molar-refractivity contribution in [3.05, 3.63) is 79.1 Å². The van der Waals surface area contributed by atoms with Crippen LogP contribution in [0.4, 0.5) is 0 Å². The Balaban J connectivity index is 1.65. The van der Waals surface area contributed by atoms with Crippen LogP contribution < -0.4 is 10.6 Å². The molecule has 0 unspecified atom stereocenters. The molecule has 0 radical (unpaired) electrons. The highest BCUT2D eigenvalue weighted by Crippen LogP contribution is 2.19. The molecule has 0 spiro atoms. The number of nitrogens with zero attached hydrogens (tertiary/aromatic N) is 3. The Morgan fingerprint density at radius 3 is 1.90 bits per heavy atom. The fraction of sp³-hybridized carbons (Fsp3) is 0.333. The summed E-state index contributed by atoms with van der Waals surface area (Å²) in [5.74, 6) is 3.61. The fourth-order valence-electron chi connectivity index (χ4n) is 2.16. The van der Waals surface area contributed by atoms with Crippen LogP contribution in [0.1, 0.15) is 11.4 Å². The largest absolute Gasteiger partial charge is 0.366 e.